The number of carbonyl (C=O) groups is 1. The standard InChI is InChI=1S/C28H25F6N3O4/c29-27(30,31)21-4-2-1-3-18(21)24-20(25(41-36-24)14-5-6-14)13-40-17-9-15-7-8-16(10-17)37(15)23-11-22(28(32,33)34)19(12-35-23)26(38)39/h1-4,11-12,14-17H,5-10,13H2,(H,38,39)/t15-,16+,17?. The summed E-state index contributed by atoms with van der Waals surface area (Å²) in [6.07, 6.45) is -4.97. The number of pyridine rings is 1. The molecule has 3 aliphatic rings. The summed E-state index contributed by atoms with van der Waals surface area (Å²) in [5, 5.41) is 13.2. The Balaban J connectivity index is 1.22. The van der Waals surface area contributed by atoms with Crippen LogP contribution in [0, 0.1) is 0 Å². The van der Waals surface area contributed by atoms with Gasteiger partial charge in [-0.25, -0.2) is 9.78 Å². The summed E-state index contributed by atoms with van der Waals surface area (Å²) in [5.41, 5.74) is -2.47. The molecular weight excluding hydrogens is 556 g/mol. The Hall–Kier alpha value is -3.61. The molecule has 3 atom stereocenters. The van der Waals surface area contributed by atoms with Crippen molar-refractivity contribution in [3.63, 3.8) is 0 Å². The van der Waals surface area contributed by atoms with Crippen molar-refractivity contribution < 1.29 is 45.5 Å². The minimum atomic E-state index is -4.85. The lowest BCUT2D eigenvalue weighted by atomic mass is 9.98. The third-order valence-corrected chi connectivity index (χ3v) is 8.10. The van der Waals surface area contributed by atoms with Crippen LogP contribution >= 0.6 is 0 Å². The molecule has 1 N–H and O–H groups in total. The van der Waals surface area contributed by atoms with Gasteiger partial charge in [-0.1, -0.05) is 23.4 Å². The number of carboxylic acid groups (broad SMARTS) is 1. The molecule has 7 nitrogen and oxygen atoms in total. The van der Waals surface area contributed by atoms with E-state index < -0.39 is 35.0 Å². The van der Waals surface area contributed by atoms with Crippen LogP contribution in [0.15, 0.2) is 41.1 Å². The second-order valence-corrected chi connectivity index (χ2v) is 10.8. The molecule has 1 aromatic carbocycles. The van der Waals surface area contributed by atoms with E-state index in [0.717, 1.165) is 31.2 Å². The fraction of sp³-hybridized carbons (Fsp3) is 0.464. The van der Waals surface area contributed by atoms with Crippen molar-refractivity contribution in [3.8, 4) is 11.3 Å². The van der Waals surface area contributed by atoms with Crippen LogP contribution in [-0.2, 0) is 23.7 Å². The maximum absolute atomic E-state index is 13.8. The van der Waals surface area contributed by atoms with E-state index in [-0.39, 0.29) is 47.8 Å². The Bertz CT molecular complexity index is 1450. The van der Waals surface area contributed by atoms with Crippen LogP contribution in [0.2, 0.25) is 0 Å². The molecule has 13 heteroatoms. The van der Waals surface area contributed by atoms with Crippen molar-refractivity contribution in [1.82, 2.24) is 10.1 Å². The minimum Gasteiger partial charge on any atom is -0.478 e. The number of rotatable bonds is 7. The number of benzene rings is 1. The molecule has 3 fully saturated rings. The molecule has 0 radical (unpaired) electrons. The first kappa shape index (κ1) is 27.6. The van der Waals surface area contributed by atoms with Gasteiger partial charge < -0.3 is 19.3 Å². The summed E-state index contributed by atoms with van der Waals surface area (Å²) < 4.78 is 93.8. The van der Waals surface area contributed by atoms with Gasteiger partial charge in [0.25, 0.3) is 0 Å². The zero-order chi connectivity index (χ0) is 29.1. The minimum absolute atomic E-state index is 0.00918. The molecule has 1 saturated carbocycles. The van der Waals surface area contributed by atoms with Crippen LogP contribution in [0.5, 0.6) is 0 Å². The molecule has 0 amide bonds. The maximum atomic E-state index is 13.8. The zero-order valence-electron chi connectivity index (χ0n) is 21.5. The van der Waals surface area contributed by atoms with Crippen LogP contribution in [0.4, 0.5) is 32.2 Å². The summed E-state index contributed by atoms with van der Waals surface area (Å²) in [4.78, 5) is 17.2. The highest BCUT2D eigenvalue weighted by atomic mass is 19.4. The molecule has 41 heavy (non-hydrogen) atoms. The smallest absolute Gasteiger partial charge is 0.417 e. The highest BCUT2D eigenvalue weighted by Gasteiger charge is 2.44. The van der Waals surface area contributed by atoms with E-state index in [2.05, 4.69) is 10.1 Å². The number of fused-ring (bicyclic) bond motifs is 2. The third-order valence-electron chi connectivity index (χ3n) is 8.10. The number of hydrogen-bond donors (Lipinski definition) is 1. The number of hydrogen-bond acceptors (Lipinski definition) is 6. The van der Waals surface area contributed by atoms with Crippen LogP contribution in [0.25, 0.3) is 11.3 Å². The van der Waals surface area contributed by atoms with E-state index in [1.165, 1.54) is 18.2 Å². The third kappa shape index (κ3) is 5.27. The number of piperidine rings is 1. The largest absolute Gasteiger partial charge is 0.478 e. The highest BCUT2D eigenvalue weighted by molar-refractivity contribution is 5.89. The number of anilines is 1. The first-order valence-electron chi connectivity index (χ1n) is 13.3. The van der Waals surface area contributed by atoms with Crippen LogP contribution < -0.4 is 4.90 Å². The lowest BCUT2D eigenvalue weighted by molar-refractivity contribution is -0.138. The second-order valence-electron chi connectivity index (χ2n) is 10.8. The Labute approximate surface area is 230 Å². The van der Waals surface area contributed by atoms with Gasteiger partial charge >= 0.3 is 18.3 Å². The molecule has 2 bridgehead atoms. The average molecular weight is 582 g/mol. The Morgan fingerprint density at radius 3 is 2.27 bits per heavy atom. The fourth-order valence-corrected chi connectivity index (χ4v) is 6.11. The SMILES string of the molecule is O=C(O)c1cnc(N2[C@@H]3CC[C@H]2CC(OCc2c(-c4ccccc4C(F)(F)F)noc2C2CC2)C3)cc1C(F)(F)F. The molecule has 2 aliphatic heterocycles. The van der Waals surface area contributed by atoms with E-state index in [1.54, 1.807) is 4.90 Å². The monoisotopic (exact) mass is 581 g/mol. The molecule has 2 aromatic heterocycles. The number of halogens is 6. The molecule has 3 aromatic rings. The first-order valence-corrected chi connectivity index (χ1v) is 13.3. The van der Waals surface area contributed by atoms with Gasteiger partial charge in [-0.2, -0.15) is 26.3 Å². The lowest BCUT2D eigenvalue weighted by Gasteiger charge is -2.40. The number of aromatic carboxylic acids is 1. The number of alkyl halides is 6. The second kappa shape index (κ2) is 10.0. The van der Waals surface area contributed by atoms with E-state index in [0.29, 0.717) is 37.0 Å². The molecule has 2 saturated heterocycles. The van der Waals surface area contributed by atoms with E-state index >= 15 is 0 Å². The van der Waals surface area contributed by atoms with Gasteiger partial charge in [0.1, 0.15) is 17.3 Å². The van der Waals surface area contributed by atoms with Crippen molar-refractivity contribution in [1.29, 1.82) is 0 Å². The number of nitrogens with zero attached hydrogens (tertiary/aromatic N) is 3. The van der Waals surface area contributed by atoms with Gasteiger partial charge in [0, 0.05) is 35.3 Å². The average Bonchev–Trinajstić information content (AvgIpc) is 3.61. The van der Waals surface area contributed by atoms with Crippen molar-refractivity contribution in [2.45, 2.75) is 81.6 Å². The van der Waals surface area contributed by atoms with Gasteiger partial charge in [0.05, 0.1) is 29.4 Å². The van der Waals surface area contributed by atoms with Crippen molar-refractivity contribution in [2.75, 3.05) is 4.90 Å². The maximum Gasteiger partial charge on any atom is 0.417 e. The summed E-state index contributed by atoms with van der Waals surface area (Å²) >= 11 is 0. The van der Waals surface area contributed by atoms with Crippen molar-refractivity contribution in [3.05, 3.63) is 64.5 Å². The predicted molar refractivity (Wildman–Crippen MR) is 132 cm³/mol. The quantitative estimate of drug-likeness (QED) is 0.299. The summed E-state index contributed by atoms with van der Waals surface area (Å²) in [6, 6.07) is 5.61. The van der Waals surface area contributed by atoms with Crippen LogP contribution in [0.1, 0.15) is 77.3 Å². The molecular formula is C28H25F6N3O4. The summed E-state index contributed by atoms with van der Waals surface area (Å²) in [6.45, 7) is -0.00918. The van der Waals surface area contributed by atoms with Crippen LogP contribution in [0.3, 0.4) is 0 Å². The van der Waals surface area contributed by atoms with Crippen molar-refractivity contribution in [2.24, 2.45) is 0 Å². The summed E-state index contributed by atoms with van der Waals surface area (Å²) in [7, 11) is 0. The topological polar surface area (TPSA) is 88.7 Å². The molecule has 1 aliphatic carbocycles. The molecule has 1 unspecified atom stereocenters. The van der Waals surface area contributed by atoms with Gasteiger partial charge in [0.15, 0.2) is 0 Å². The van der Waals surface area contributed by atoms with E-state index in [9.17, 15) is 36.2 Å². The van der Waals surface area contributed by atoms with E-state index in [1.807, 2.05) is 0 Å². The predicted octanol–water partition coefficient (Wildman–Crippen LogP) is 7.07. The Morgan fingerprint density at radius 1 is 1.00 bits per heavy atom. The molecule has 6 rings (SSSR count). The van der Waals surface area contributed by atoms with Crippen molar-refractivity contribution >= 4 is 11.8 Å². The van der Waals surface area contributed by atoms with Crippen LogP contribution in [-0.4, -0.2) is 39.4 Å². The van der Waals surface area contributed by atoms with Gasteiger partial charge in [-0.15, -0.1) is 0 Å². The highest BCUT2D eigenvalue weighted by Crippen LogP contribution is 2.47. The Kier molecular flexibility index (Phi) is 6.74. The lowest BCUT2D eigenvalue weighted by Crippen LogP contribution is -2.46. The van der Waals surface area contributed by atoms with Gasteiger partial charge in [0.2, 0.25) is 0 Å². The molecule has 218 valence electrons. The van der Waals surface area contributed by atoms with Gasteiger partial charge in [-0.3, -0.25) is 0 Å². The normalized spacial score (nSPS) is 22.8. The first-order chi connectivity index (χ1) is 19.4. The molecule has 4 heterocycles. The molecule has 0 spiro atoms. The summed E-state index contributed by atoms with van der Waals surface area (Å²) in [5.74, 6) is -1.04. The zero-order valence-corrected chi connectivity index (χ0v) is 21.5. The number of carboxylic acids is 1. The number of ether oxygens (including phenoxy) is 1. The Morgan fingerprint density at radius 2 is 1.66 bits per heavy atom. The van der Waals surface area contributed by atoms with Gasteiger partial charge in [-0.05, 0) is 50.7 Å². The fourth-order valence-electron chi connectivity index (χ4n) is 6.11. The number of aromatic nitrogens is 2. The van der Waals surface area contributed by atoms with E-state index in [4.69, 9.17) is 9.26 Å².